The molecule has 0 aromatic heterocycles. The van der Waals surface area contributed by atoms with Gasteiger partial charge < -0.3 is 24.8 Å². The average Bonchev–Trinajstić information content (AvgIpc) is 2.76. The number of hydrogen-bond donors (Lipinski definition) is 0. The van der Waals surface area contributed by atoms with Gasteiger partial charge in [-0.15, -0.1) is 0 Å². The molecule has 0 aromatic carbocycles. The first-order valence-electron chi connectivity index (χ1n) is 6.94. The quantitative estimate of drug-likeness (QED) is 0.595. The molecule has 0 fully saturated rings. The maximum Gasteiger partial charge on any atom is -1.00 e. The summed E-state index contributed by atoms with van der Waals surface area (Å²) in [6.07, 6.45) is 8.32. The van der Waals surface area contributed by atoms with Crippen molar-refractivity contribution in [2.75, 3.05) is 0 Å². The number of hydrogen-bond acceptors (Lipinski definition) is 0. The van der Waals surface area contributed by atoms with Crippen LogP contribution in [-0.2, 0) is 24.7 Å². The van der Waals surface area contributed by atoms with Crippen molar-refractivity contribution in [2.45, 2.75) is 53.9 Å². The van der Waals surface area contributed by atoms with Gasteiger partial charge in [-0.3, -0.25) is 0 Å². The molecule has 20 heavy (non-hydrogen) atoms. The second kappa shape index (κ2) is 7.61. The zero-order valence-electron chi connectivity index (χ0n) is 13.0. The molecule has 0 saturated heterocycles. The first kappa shape index (κ1) is 20.4. The van der Waals surface area contributed by atoms with E-state index in [0.717, 1.165) is 0 Å². The number of rotatable bonds is 3. The fourth-order valence-electron chi connectivity index (χ4n) is 3.37. The molecule has 0 spiro atoms. The van der Waals surface area contributed by atoms with E-state index < -0.39 is 0 Å². The van der Waals surface area contributed by atoms with Crippen LogP contribution >= 0.6 is 0 Å². The second-order valence-corrected chi connectivity index (χ2v) is 7.46. The maximum absolute atomic E-state index is 2.40. The summed E-state index contributed by atoms with van der Waals surface area (Å²) < 4.78 is 1.62. The van der Waals surface area contributed by atoms with Crippen LogP contribution in [0.25, 0.3) is 0 Å². The van der Waals surface area contributed by atoms with E-state index in [2.05, 4.69) is 46.8 Å². The molecule has 0 N–H and O–H groups in total. The molecule has 0 aromatic rings. The number of allylic oxidation sites excluding steroid dienone is 8. The van der Waals surface area contributed by atoms with E-state index in [9.17, 15) is 0 Å². The van der Waals surface area contributed by atoms with Crippen molar-refractivity contribution in [3.05, 3.63) is 43.3 Å². The number of halogens is 2. The third-order valence-electron chi connectivity index (χ3n) is 4.54. The van der Waals surface area contributed by atoms with Gasteiger partial charge in [-0.05, 0) is 0 Å². The molecule has 109 valence electrons. The molecule has 3 heteroatoms. The molecule has 2 aliphatic rings. The summed E-state index contributed by atoms with van der Waals surface area (Å²) in [6.45, 7) is 11.7. The smallest absolute Gasteiger partial charge is 1.00 e. The van der Waals surface area contributed by atoms with Gasteiger partial charge in [-0.1, -0.05) is 0 Å². The normalized spacial score (nSPS) is 20.6. The van der Waals surface area contributed by atoms with E-state index in [1.165, 1.54) is 19.3 Å². The van der Waals surface area contributed by atoms with E-state index in [4.69, 9.17) is 0 Å². The minimum absolute atomic E-state index is 0. The van der Waals surface area contributed by atoms with Gasteiger partial charge in [-0.2, -0.15) is 0 Å². The zero-order valence-corrected chi connectivity index (χ0v) is 17.0. The van der Waals surface area contributed by atoms with E-state index >= 15 is 0 Å². The Morgan fingerprint density at radius 3 is 2.25 bits per heavy atom. The van der Waals surface area contributed by atoms with Gasteiger partial charge in [0.25, 0.3) is 0 Å². The van der Waals surface area contributed by atoms with Gasteiger partial charge in [0.15, 0.2) is 0 Å². The molecule has 0 amide bonds. The van der Waals surface area contributed by atoms with E-state index in [1.54, 1.807) is 55.9 Å². The molecule has 0 saturated carbocycles. The largest absolute Gasteiger partial charge is 1.00 e. The van der Waals surface area contributed by atoms with E-state index in [0.29, 0.717) is 0 Å². The summed E-state index contributed by atoms with van der Waals surface area (Å²) in [5.41, 5.74) is 8.13. The van der Waals surface area contributed by atoms with Crippen molar-refractivity contribution in [2.24, 2.45) is 5.41 Å². The van der Waals surface area contributed by atoms with Crippen LogP contribution < -0.4 is 24.8 Å². The monoisotopic (exact) mass is 387 g/mol. The second-order valence-electron chi connectivity index (χ2n) is 5.98. The Morgan fingerprint density at radius 1 is 1.20 bits per heavy atom. The van der Waals surface area contributed by atoms with Gasteiger partial charge in [0.05, 0.1) is 0 Å². The molecule has 2 rings (SSSR count). The topological polar surface area (TPSA) is 0 Å². The van der Waals surface area contributed by atoms with Crippen LogP contribution in [0.4, 0.5) is 0 Å². The van der Waals surface area contributed by atoms with Crippen molar-refractivity contribution >= 4 is 0 Å². The van der Waals surface area contributed by atoms with Crippen molar-refractivity contribution < 1.29 is 49.5 Å². The summed E-state index contributed by atoms with van der Waals surface area (Å²) in [7, 11) is 0. The molecular weight excluding hydrogens is 366 g/mol. The van der Waals surface area contributed by atoms with Crippen LogP contribution in [0.15, 0.2) is 43.3 Å². The predicted octanol–water partition coefficient (Wildman–Crippen LogP) is -0.772. The first-order chi connectivity index (χ1) is 8.41. The fourth-order valence-corrected chi connectivity index (χ4v) is 4.17. The molecule has 0 aliphatic heterocycles. The van der Waals surface area contributed by atoms with Gasteiger partial charge >= 0.3 is 127 Å². The van der Waals surface area contributed by atoms with Crippen molar-refractivity contribution in [3.8, 4) is 0 Å². The minimum Gasteiger partial charge on any atom is -1.00 e. The average molecular weight is 390 g/mol. The van der Waals surface area contributed by atoms with Crippen LogP contribution in [0.3, 0.4) is 0 Å². The Morgan fingerprint density at radius 2 is 1.80 bits per heavy atom. The third kappa shape index (κ3) is 3.26. The molecule has 0 atom stereocenters. The zero-order chi connectivity index (χ0) is 13.5. The van der Waals surface area contributed by atoms with Crippen LogP contribution in [0.1, 0.15) is 53.9 Å². The first-order valence-corrected chi connectivity index (χ1v) is 8.17. The summed E-state index contributed by atoms with van der Waals surface area (Å²) in [4.78, 5) is 0. The standard InChI is InChI=1S/C17H23.2ClH.Zr/c1-6-9-15-12(2)16(14-10-7-8-11-14)17(4,5)13(15)3;;;/h7,10H,6,8-9H2,1-5H3;2*1H;/q;;;+2/p-2. The van der Waals surface area contributed by atoms with Crippen molar-refractivity contribution in [1.29, 1.82) is 0 Å². The van der Waals surface area contributed by atoms with Gasteiger partial charge in [0, 0.05) is 0 Å². The molecule has 2 aliphatic carbocycles. The summed E-state index contributed by atoms with van der Waals surface area (Å²) in [5, 5.41) is 0. The van der Waals surface area contributed by atoms with E-state index in [-0.39, 0.29) is 30.2 Å². The maximum atomic E-state index is 2.40. The molecule has 0 radical (unpaired) electrons. The Hall–Kier alpha value is 0.423. The molecular formula is C17H23Cl2Zr. The van der Waals surface area contributed by atoms with Crippen molar-refractivity contribution in [1.82, 2.24) is 0 Å². The Labute approximate surface area is 151 Å². The summed E-state index contributed by atoms with van der Waals surface area (Å²) in [5.74, 6) is 0. The van der Waals surface area contributed by atoms with Crippen molar-refractivity contribution in [3.63, 3.8) is 0 Å². The molecule has 0 nitrogen and oxygen atoms in total. The van der Waals surface area contributed by atoms with E-state index in [1.807, 2.05) is 0 Å². The summed E-state index contributed by atoms with van der Waals surface area (Å²) >= 11 is 1.58. The third-order valence-corrected chi connectivity index (χ3v) is 5.71. The van der Waals surface area contributed by atoms with Gasteiger partial charge in [0.2, 0.25) is 0 Å². The molecule has 0 bridgehead atoms. The Bertz CT molecular complexity index is 505. The van der Waals surface area contributed by atoms with Gasteiger partial charge in [0.1, 0.15) is 0 Å². The van der Waals surface area contributed by atoms with Crippen LogP contribution in [0, 0.1) is 5.41 Å². The minimum atomic E-state index is 0. The Balaban J connectivity index is 0.00000180. The SMILES string of the molecule is CCCC1=C(C)C(C)(C)C(C2=[C]([Zr+2])CC=C2)=C1C.[Cl-].[Cl-]. The predicted molar refractivity (Wildman–Crippen MR) is 74.9 cm³/mol. The van der Waals surface area contributed by atoms with Crippen LogP contribution in [-0.4, -0.2) is 0 Å². The fraction of sp³-hybridized carbons (Fsp3) is 0.529. The molecule has 0 heterocycles. The van der Waals surface area contributed by atoms with Crippen LogP contribution in [0.2, 0.25) is 0 Å². The van der Waals surface area contributed by atoms with Gasteiger partial charge in [-0.25, -0.2) is 0 Å². The van der Waals surface area contributed by atoms with Crippen LogP contribution in [0.5, 0.6) is 0 Å². The Kier molecular flexibility index (Phi) is 7.78. The summed E-state index contributed by atoms with van der Waals surface area (Å²) in [6, 6.07) is 0. The molecule has 0 unspecified atom stereocenters.